The van der Waals surface area contributed by atoms with Crippen molar-refractivity contribution < 1.29 is 8.83 Å². The zero-order chi connectivity index (χ0) is 64.3. The number of nitrogens with zero attached hydrogens (tertiary/aromatic N) is 1. The fraction of sp³-hybridized carbons (Fsp3) is 0.0526. The second-order valence-electron chi connectivity index (χ2n) is 27.9. The Labute approximate surface area is 567 Å². The number of rotatable bonds is 6. The summed E-state index contributed by atoms with van der Waals surface area (Å²) in [5.41, 5.74) is 37.6. The maximum absolute atomic E-state index is 7.12. The van der Waals surface area contributed by atoms with Gasteiger partial charge in [0.2, 0.25) is 0 Å². The molecule has 17 aromatic rings. The predicted molar refractivity (Wildman–Crippen MR) is 402 cm³/mol. The zero-order valence-electron chi connectivity index (χ0n) is 53.9. The van der Waals surface area contributed by atoms with Crippen molar-refractivity contribution in [1.82, 2.24) is 0 Å². The normalized spacial score (nSPS) is 14.5. The van der Waals surface area contributed by atoms with Gasteiger partial charge in [0.05, 0.1) is 16.5 Å². The van der Waals surface area contributed by atoms with Crippen molar-refractivity contribution in [2.75, 3.05) is 4.90 Å². The molecule has 0 fully saturated rings. The van der Waals surface area contributed by atoms with Crippen LogP contribution in [0.4, 0.5) is 17.1 Å². The molecule has 3 heteroatoms. The monoisotopic (exact) mass is 1250 g/mol. The van der Waals surface area contributed by atoms with Crippen molar-refractivity contribution in [3.63, 3.8) is 0 Å². The van der Waals surface area contributed by atoms with E-state index < -0.39 is 16.2 Å². The van der Waals surface area contributed by atoms with E-state index in [0.717, 1.165) is 77.8 Å². The number of hydrogen-bond donors (Lipinski definition) is 0. The molecule has 0 saturated carbocycles. The Balaban J connectivity index is 0.808. The SMILES string of the molecule is CC1(C)c2cc(N(c3ccc4c(c3)C3(c5ccccc5-c5ccccc53)c3cc5c(cc3-4)C3(c4ccccc4-c4ccccc43)c3ccc4oc6ccccc6c4c3-5)c3ccccc3-c3ccccc3)ccc2-c2c1cc(-c1ccccc1-c1ccccc1)c1oc3ccccc3c21. The Morgan fingerprint density at radius 1 is 0.245 bits per heavy atom. The lowest BCUT2D eigenvalue weighted by atomic mass is 9.68. The molecule has 15 aromatic carbocycles. The lowest BCUT2D eigenvalue weighted by Gasteiger charge is -2.33. The average Bonchev–Trinajstić information content (AvgIpc) is 1.49. The van der Waals surface area contributed by atoms with Gasteiger partial charge < -0.3 is 13.7 Å². The average molecular weight is 1250 g/mol. The van der Waals surface area contributed by atoms with Crippen LogP contribution in [0, 0.1) is 0 Å². The molecule has 0 N–H and O–H groups in total. The number of furan rings is 2. The van der Waals surface area contributed by atoms with Gasteiger partial charge in [-0.2, -0.15) is 0 Å². The van der Waals surface area contributed by atoms with E-state index >= 15 is 0 Å². The first-order chi connectivity index (χ1) is 48.4. The molecule has 2 spiro atoms. The third-order valence-corrected chi connectivity index (χ3v) is 23.1. The molecule has 2 aromatic heterocycles. The van der Waals surface area contributed by atoms with E-state index in [0.29, 0.717) is 0 Å². The molecular formula is C95H59NO2. The van der Waals surface area contributed by atoms with Gasteiger partial charge in [0, 0.05) is 49.5 Å². The quantitative estimate of drug-likeness (QED) is 0.166. The Morgan fingerprint density at radius 2 is 0.673 bits per heavy atom. The summed E-state index contributed by atoms with van der Waals surface area (Å²) >= 11 is 0. The molecule has 0 atom stereocenters. The van der Waals surface area contributed by atoms with E-state index in [9.17, 15) is 0 Å². The molecule has 456 valence electrons. The number of fused-ring (bicyclic) bond motifs is 31. The van der Waals surface area contributed by atoms with Crippen LogP contribution >= 0.6 is 0 Å². The van der Waals surface area contributed by atoms with Crippen molar-refractivity contribution in [2.45, 2.75) is 30.1 Å². The minimum atomic E-state index is -0.710. The van der Waals surface area contributed by atoms with Gasteiger partial charge in [-0.15, -0.1) is 0 Å². The third-order valence-electron chi connectivity index (χ3n) is 23.1. The van der Waals surface area contributed by atoms with Crippen LogP contribution in [-0.2, 0) is 16.2 Å². The van der Waals surface area contributed by atoms with Crippen LogP contribution in [-0.4, -0.2) is 0 Å². The Morgan fingerprint density at radius 3 is 1.31 bits per heavy atom. The number of anilines is 3. The van der Waals surface area contributed by atoms with Gasteiger partial charge in [-0.25, -0.2) is 0 Å². The highest BCUT2D eigenvalue weighted by Crippen LogP contribution is 2.70. The van der Waals surface area contributed by atoms with E-state index in [4.69, 9.17) is 8.83 Å². The van der Waals surface area contributed by atoms with Gasteiger partial charge in [-0.05, 0) is 200 Å². The summed E-state index contributed by atoms with van der Waals surface area (Å²) in [7, 11) is 0. The van der Waals surface area contributed by atoms with Gasteiger partial charge in [0.1, 0.15) is 22.3 Å². The fourth-order valence-electron chi connectivity index (χ4n) is 19.2. The van der Waals surface area contributed by atoms with Crippen molar-refractivity contribution in [3.8, 4) is 89.0 Å². The summed E-state index contributed by atoms with van der Waals surface area (Å²) in [6.07, 6.45) is 0. The fourth-order valence-corrected chi connectivity index (χ4v) is 19.2. The highest BCUT2D eigenvalue weighted by molar-refractivity contribution is 6.20. The van der Waals surface area contributed by atoms with Crippen LogP contribution in [0.5, 0.6) is 0 Å². The molecule has 0 aliphatic heterocycles. The van der Waals surface area contributed by atoms with Crippen molar-refractivity contribution in [3.05, 3.63) is 377 Å². The standard InChI is InChI=1S/C95H59NO2/c1-93(2)79-51-58(46-48-68(79)88-83(93)54-72(92-91(88)70-37-17-24-44-86(70)98-92)62-31-10-9-29-60(62)56-25-5-3-6-26-56)96(84-42-22-15-30-61(84)57-27-7-4-8-28-57)59-45-47-67-71-53-82-73(55-81(71)95(80(67)52-59)76-40-20-13-34-65(76)66-35-14-21-41-77(66)95)89-78(49-50-87-90(89)69-36-16-23-43-85(69)97-87)94(82)74-38-18-11-32-63(74)64-33-12-19-39-75(64)94/h3-55H,1-2H3. The van der Waals surface area contributed by atoms with E-state index in [1.165, 1.54) is 128 Å². The minimum Gasteiger partial charge on any atom is -0.456 e. The van der Waals surface area contributed by atoms with Crippen molar-refractivity contribution >= 4 is 60.9 Å². The number of para-hydroxylation sites is 3. The maximum atomic E-state index is 7.12. The Bertz CT molecular complexity index is 6260. The molecule has 22 rings (SSSR count). The molecule has 5 aliphatic rings. The lowest BCUT2D eigenvalue weighted by Crippen LogP contribution is -2.27. The highest BCUT2D eigenvalue weighted by atomic mass is 16.3. The van der Waals surface area contributed by atoms with E-state index in [1.54, 1.807) is 0 Å². The number of hydrogen-bond acceptors (Lipinski definition) is 3. The molecule has 3 nitrogen and oxygen atoms in total. The van der Waals surface area contributed by atoms with E-state index in [-0.39, 0.29) is 0 Å². The summed E-state index contributed by atoms with van der Waals surface area (Å²) < 4.78 is 14.0. The minimum absolute atomic E-state index is 0.430. The summed E-state index contributed by atoms with van der Waals surface area (Å²) in [6.45, 7) is 4.86. The van der Waals surface area contributed by atoms with Crippen molar-refractivity contribution in [1.29, 1.82) is 0 Å². The van der Waals surface area contributed by atoms with Crippen LogP contribution < -0.4 is 4.90 Å². The van der Waals surface area contributed by atoms with E-state index in [2.05, 4.69) is 340 Å². The summed E-state index contributed by atoms with van der Waals surface area (Å²) in [5.74, 6) is 0. The summed E-state index contributed by atoms with van der Waals surface area (Å²) in [4.78, 5) is 2.56. The van der Waals surface area contributed by atoms with E-state index in [1.807, 2.05) is 0 Å². The first-order valence-corrected chi connectivity index (χ1v) is 34.3. The van der Waals surface area contributed by atoms with Gasteiger partial charge in [-0.1, -0.05) is 269 Å². The Kier molecular flexibility index (Phi) is 10.7. The topological polar surface area (TPSA) is 29.5 Å². The predicted octanol–water partition coefficient (Wildman–Crippen LogP) is 24.9. The molecule has 2 heterocycles. The first kappa shape index (κ1) is 54.0. The lowest BCUT2D eigenvalue weighted by molar-refractivity contribution is 0.657. The molecule has 5 aliphatic carbocycles. The molecule has 98 heavy (non-hydrogen) atoms. The van der Waals surface area contributed by atoms with Gasteiger partial charge in [0.15, 0.2) is 0 Å². The van der Waals surface area contributed by atoms with Crippen LogP contribution in [0.25, 0.3) is 133 Å². The van der Waals surface area contributed by atoms with Gasteiger partial charge >= 0.3 is 0 Å². The maximum Gasteiger partial charge on any atom is 0.143 e. The second kappa shape index (κ2) is 19.4. The highest BCUT2D eigenvalue weighted by Gasteiger charge is 2.57. The van der Waals surface area contributed by atoms with Gasteiger partial charge in [-0.3, -0.25) is 0 Å². The van der Waals surface area contributed by atoms with Crippen LogP contribution in [0.15, 0.2) is 330 Å². The van der Waals surface area contributed by atoms with Crippen LogP contribution in [0.1, 0.15) is 69.5 Å². The Hall–Kier alpha value is -12.3. The van der Waals surface area contributed by atoms with Gasteiger partial charge in [0.25, 0.3) is 0 Å². The van der Waals surface area contributed by atoms with Crippen LogP contribution in [0.3, 0.4) is 0 Å². The third kappa shape index (κ3) is 6.77. The summed E-state index contributed by atoms with van der Waals surface area (Å²) in [5, 5.41) is 4.58. The first-order valence-electron chi connectivity index (χ1n) is 34.3. The summed E-state index contributed by atoms with van der Waals surface area (Å²) in [6, 6.07) is 121. The molecule has 0 saturated heterocycles. The van der Waals surface area contributed by atoms with Crippen molar-refractivity contribution in [2.24, 2.45) is 0 Å². The zero-order valence-corrected chi connectivity index (χ0v) is 53.9. The second-order valence-corrected chi connectivity index (χ2v) is 27.9. The largest absolute Gasteiger partial charge is 0.456 e. The molecule has 0 unspecified atom stereocenters. The molecule has 0 amide bonds. The van der Waals surface area contributed by atoms with Crippen LogP contribution in [0.2, 0.25) is 0 Å². The molecule has 0 radical (unpaired) electrons. The number of benzene rings is 15. The molecular weight excluding hydrogens is 1190 g/mol. The smallest absolute Gasteiger partial charge is 0.143 e. The molecule has 0 bridgehead atoms.